The number of hydrogen-bond acceptors (Lipinski definition) is 3. The average Bonchev–Trinajstić information content (AvgIpc) is 2.43. The van der Waals surface area contributed by atoms with Crippen LogP contribution in [0.15, 0.2) is 0 Å². The van der Waals surface area contributed by atoms with Gasteiger partial charge in [0.15, 0.2) is 0 Å². The van der Waals surface area contributed by atoms with Crippen molar-refractivity contribution < 1.29 is 9.59 Å². The van der Waals surface area contributed by atoms with Crippen molar-refractivity contribution in [3.05, 3.63) is 0 Å². The molecule has 110 valence electrons. The van der Waals surface area contributed by atoms with E-state index in [0.717, 1.165) is 12.8 Å². The van der Waals surface area contributed by atoms with E-state index in [1.807, 2.05) is 18.7 Å². The third-order valence-corrected chi connectivity index (χ3v) is 3.69. The molecule has 1 aliphatic rings. The van der Waals surface area contributed by atoms with Crippen molar-refractivity contribution in [3.8, 4) is 0 Å². The van der Waals surface area contributed by atoms with Crippen molar-refractivity contribution >= 4 is 11.8 Å². The molecule has 1 saturated heterocycles. The summed E-state index contributed by atoms with van der Waals surface area (Å²) in [5, 5.41) is 0. The minimum atomic E-state index is -0.428. The van der Waals surface area contributed by atoms with Crippen molar-refractivity contribution in [1.82, 2.24) is 9.80 Å². The monoisotopic (exact) mass is 269 g/mol. The van der Waals surface area contributed by atoms with Gasteiger partial charge in [-0.15, -0.1) is 0 Å². The standard InChI is InChI=1S/C14H27N3O2/c1-4-5-6-12(18)16-7-9-17(10-8-16)14(19)13(15)11(2)3/h11,13H,4-10,15H2,1-3H3/t13-/m0/s1. The topological polar surface area (TPSA) is 66.6 Å². The molecule has 0 radical (unpaired) electrons. The van der Waals surface area contributed by atoms with E-state index in [-0.39, 0.29) is 17.7 Å². The predicted octanol–water partition coefficient (Wildman–Crippen LogP) is 0.831. The van der Waals surface area contributed by atoms with E-state index in [1.54, 1.807) is 4.90 Å². The molecule has 0 unspecified atom stereocenters. The lowest BCUT2D eigenvalue weighted by molar-refractivity contribution is -0.140. The highest BCUT2D eigenvalue weighted by molar-refractivity contribution is 5.82. The predicted molar refractivity (Wildman–Crippen MR) is 75.5 cm³/mol. The van der Waals surface area contributed by atoms with Gasteiger partial charge in [0.25, 0.3) is 0 Å². The van der Waals surface area contributed by atoms with Crippen LogP contribution in [0.2, 0.25) is 0 Å². The molecule has 1 rings (SSSR count). The van der Waals surface area contributed by atoms with Crippen LogP contribution < -0.4 is 5.73 Å². The molecular formula is C14H27N3O2. The Kier molecular flexibility index (Phi) is 6.28. The molecule has 2 N–H and O–H groups in total. The van der Waals surface area contributed by atoms with Crippen LogP contribution in [0.3, 0.4) is 0 Å². The molecule has 0 aromatic carbocycles. The first-order valence-corrected chi connectivity index (χ1v) is 7.29. The molecule has 0 saturated carbocycles. The van der Waals surface area contributed by atoms with Gasteiger partial charge in [-0.25, -0.2) is 0 Å². The molecule has 0 aromatic rings. The van der Waals surface area contributed by atoms with Gasteiger partial charge in [-0.1, -0.05) is 27.2 Å². The van der Waals surface area contributed by atoms with E-state index in [1.165, 1.54) is 0 Å². The zero-order valence-corrected chi connectivity index (χ0v) is 12.4. The molecule has 0 aromatic heterocycles. The smallest absolute Gasteiger partial charge is 0.239 e. The molecule has 0 spiro atoms. The second-order valence-corrected chi connectivity index (χ2v) is 5.58. The van der Waals surface area contributed by atoms with Crippen molar-refractivity contribution in [2.75, 3.05) is 26.2 Å². The molecule has 5 nitrogen and oxygen atoms in total. The molecule has 1 fully saturated rings. The summed E-state index contributed by atoms with van der Waals surface area (Å²) in [5.74, 6) is 0.370. The molecular weight excluding hydrogens is 242 g/mol. The van der Waals surface area contributed by atoms with Crippen molar-refractivity contribution in [1.29, 1.82) is 0 Å². The number of nitrogens with zero attached hydrogens (tertiary/aromatic N) is 2. The van der Waals surface area contributed by atoms with E-state index < -0.39 is 6.04 Å². The van der Waals surface area contributed by atoms with Crippen LogP contribution in [-0.2, 0) is 9.59 Å². The van der Waals surface area contributed by atoms with Crippen molar-refractivity contribution in [2.45, 2.75) is 46.1 Å². The Morgan fingerprint density at radius 2 is 1.63 bits per heavy atom. The fourth-order valence-electron chi connectivity index (χ4n) is 2.16. The Morgan fingerprint density at radius 3 is 2.11 bits per heavy atom. The van der Waals surface area contributed by atoms with E-state index in [2.05, 4.69) is 6.92 Å². The molecule has 1 aliphatic heterocycles. The zero-order valence-electron chi connectivity index (χ0n) is 12.4. The minimum absolute atomic E-state index is 0.00987. The second-order valence-electron chi connectivity index (χ2n) is 5.58. The Bertz CT molecular complexity index is 310. The number of nitrogens with two attached hydrogens (primary N) is 1. The quantitative estimate of drug-likeness (QED) is 0.804. The largest absolute Gasteiger partial charge is 0.339 e. The van der Waals surface area contributed by atoms with Crippen LogP contribution in [0, 0.1) is 5.92 Å². The van der Waals surface area contributed by atoms with Crippen LogP contribution >= 0.6 is 0 Å². The van der Waals surface area contributed by atoms with Gasteiger partial charge < -0.3 is 15.5 Å². The van der Waals surface area contributed by atoms with Gasteiger partial charge in [0, 0.05) is 32.6 Å². The third-order valence-electron chi connectivity index (χ3n) is 3.69. The summed E-state index contributed by atoms with van der Waals surface area (Å²) in [6, 6.07) is -0.428. The van der Waals surface area contributed by atoms with Gasteiger partial charge in [-0.05, 0) is 12.3 Å². The summed E-state index contributed by atoms with van der Waals surface area (Å²) < 4.78 is 0. The highest BCUT2D eigenvalue weighted by Gasteiger charge is 2.28. The Labute approximate surface area is 116 Å². The minimum Gasteiger partial charge on any atom is -0.339 e. The van der Waals surface area contributed by atoms with Crippen LogP contribution in [0.25, 0.3) is 0 Å². The van der Waals surface area contributed by atoms with Crippen LogP contribution in [-0.4, -0.2) is 53.8 Å². The highest BCUT2D eigenvalue weighted by atomic mass is 16.2. The zero-order chi connectivity index (χ0) is 14.4. The summed E-state index contributed by atoms with van der Waals surface area (Å²) >= 11 is 0. The molecule has 0 bridgehead atoms. The average molecular weight is 269 g/mol. The van der Waals surface area contributed by atoms with Gasteiger partial charge in [0.2, 0.25) is 11.8 Å². The van der Waals surface area contributed by atoms with Gasteiger partial charge in [0.05, 0.1) is 6.04 Å². The first kappa shape index (κ1) is 16.0. The normalized spacial score (nSPS) is 17.7. The van der Waals surface area contributed by atoms with Crippen molar-refractivity contribution in [2.24, 2.45) is 11.7 Å². The summed E-state index contributed by atoms with van der Waals surface area (Å²) in [7, 11) is 0. The number of piperazine rings is 1. The number of amides is 2. The first-order chi connectivity index (χ1) is 8.97. The summed E-state index contributed by atoms with van der Waals surface area (Å²) in [6.45, 7) is 8.48. The van der Waals surface area contributed by atoms with E-state index in [4.69, 9.17) is 5.73 Å². The van der Waals surface area contributed by atoms with Gasteiger partial charge in [0.1, 0.15) is 0 Å². The fourth-order valence-corrected chi connectivity index (χ4v) is 2.16. The SMILES string of the molecule is CCCCC(=O)N1CCN(C(=O)[C@@H](N)C(C)C)CC1. The molecule has 1 atom stereocenters. The number of unbranched alkanes of at least 4 members (excludes halogenated alkanes) is 1. The summed E-state index contributed by atoms with van der Waals surface area (Å²) in [4.78, 5) is 27.6. The van der Waals surface area contributed by atoms with Crippen LogP contribution in [0.4, 0.5) is 0 Å². The lowest BCUT2D eigenvalue weighted by atomic mass is 10.0. The molecule has 1 heterocycles. The Balaban J connectivity index is 2.40. The number of carbonyl (C=O) groups is 2. The lowest BCUT2D eigenvalue weighted by Crippen LogP contribution is -2.55. The first-order valence-electron chi connectivity index (χ1n) is 7.29. The fraction of sp³-hybridized carbons (Fsp3) is 0.857. The van der Waals surface area contributed by atoms with E-state index in [0.29, 0.717) is 32.6 Å². The Hall–Kier alpha value is -1.10. The maximum absolute atomic E-state index is 12.1. The maximum atomic E-state index is 12.1. The molecule has 0 aliphatic carbocycles. The lowest BCUT2D eigenvalue weighted by Gasteiger charge is -2.36. The molecule has 19 heavy (non-hydrogen) atoms. The summed E-state index contributed by atoms with van der Waals surface area (Å²) in [6.07, 6.45) is 2.60. The number of hydrogen-bond donors (Lipinski definition) is 1. The molecule has 5 heteroatoms. The third kappa shape index (κ3) is 4.49. The van der Waals surface area contributed by atoms with Crippen LogP contribution in [0.5, 0.6) is 0 Å². The molecule has 2 amide bonds. The van der Waals surface area contributed by atoms with Crippen molar-refractivity contribution in [3.63, 3.8) is 0 Å². The van der Waals surface area contributed by atoms with Gasteiger partial charge in [-0.2, -0.15) is 0 Å². The van der Waals surface area contributed by atoms with E-state index in [9.17, 15) is 9.59 Å². The van der Waals surface area contributed by atoms with E-state index >= 15 is 0 Å². The van der Waals surface area contributed by atoms with Gasteiger partial charge >= 0.3 is 0 Å². The van der Waals surface area contributed by atoms with Gasteiger partial charge in [-0.3, -0.25) is 9.59 Å². The highest BCUT2D eigenvalue weighted by Crippen LogP contribution is 2.09. The Morgan fingerprint density at radius 1 is 1.11 bits per heavy atom. The van der Waals surface area contributed by atoms with Crippen LogP contribution in [0.1, 0.15) is 40.0 Å². The number of carbonyl (C=O) groups excluding carboxylic acids is 2. The maximum Gasteiger partial charge on any atom is 0.239 e. The summed E-state index contributed by atoms with van der Waals surface area (Å²) in [5.41, 5.74) is 5.88. The second kappa shape index (κ2) is 7.48. The number of rotatable bonds is 5.